The summed E-state index contributed by atoms with van der Waals surface area (Å²) in [6.45, 7) is 11.9. The monoisotopic (exact) mass is 307 g/mol. The Labute approximate surface area is 133 Å². The molecule has 0 amide bonds. The zero-order valence-corrected chi connectivity index (χ0v) is 14.3. The molecule has 1 saturated heterocycles. The van der Waals surface area contributed by atoms with E-state index >= 15 is 0 Å². The van der Waals surface area contributed by atoms with Gasteiger partial charge in [-0.3, -0.25) is 14.4 Å². The van der Waals surface area contributed by atoms with Gasteiger partial charge in [0.15, 0.2) is 0 Å². The molecule has 1 aromatic heterocycles. The van der Waals surface area contributed by atoms with Crippen LogP contribution in [0.3, 0.4) is 0 Å². The van der Waals surface area contributed by atoms with Crippen LogP contribution in [0.2, 0.25) is 0 Å². The number of hydrogen-bond donors (Lipinski definition) is 1. The molecule has 0 aromatic carbocycles. The molecule has 0 unspecified atom stereocenters. The van der Waals surface area contributed by atoms with Crippen LogP contribution < -0.4 is 0 Å². The number of aromatic nitrogens is 2. The second-order valence-electron chi connectivity index (χ2n) is 7.06. The third-order valence-corrected chi connectivity index (χ3v) is 5.19. The highest BCUT2D eigenvalue weighted by molar-refractivity contribution is 5.74. The summed E-state index contributed by atoms with van der Waals surface area (Å²) in [6, 6.07) is 0. The summed E-state index contributed by atoms with van der Waals surface area (Å²) >= 11 is 0. The van der Waals surface area contributed by atoms with E-state index in [1.54, 1.807) is 0 Å². The molecule has 124 valence electrons. The molecular weight excluding hydrogens is 278 g/mol. The van der Waals surface area contributed by atoms with Crippen LogP contribution >= 0.6 is 0 Å². The second kappa shape index (κ2) is 6.82. The molecule has 1 aromatic rings. The van der Waals surface area contributed by atoms with Crippen molar-refractivity contribution >= 4 is 5.97 Å². The Kier molecular flexibility index (Phi) is 5.27. The normalized spacial score (nSPS) is 17.8. The summed E-state index contributed by atoms with van der Waals surface area (Å²) in [4.78, 5) is 13.8. The van der Waals surface area contributed by atoms with E-state index in [4.69, 9.17) is 0 Å². The SMILES string of the molecule is CCCn1ncc(CN2CCC(C(C)(C)C(=O)O)CC2)c1C. The van der Waals surface area contributed by atoms with Gasteiger partial charge in [0.05, 0.1) is 11.6 Å². The van der Waals surface area contributed by atoms with Crippen LogP contribution in [0.1, 0.15) is 51.3 Å². The van der Waals surface area contributed by atoms with Crippen LogP contribution in [0.5, 0.6) is 0 Å². The Balaban J connectivity index is 1.92. The fraction of sp³-hybridized carbons (Fsp3) is 0.765. The van der Waals surface area contributed by atoms with Crippen molar-refractivity contribution in [1.82, 2.24) is 14.7 Å². The molecule has 1 N–H and O–H groups in total. The van der Waals surface area contributed by atoms with Crippen LogP contribution in [0, 0.1) is 18.3 Å². The van der Waals surface area contributed by atoms with Gasteiger partial charge in [-0.15, -0.1) is 0 Å². The van der Waals surface area contributed by atoms with Crippen LogP contribution in [-0.2, 0) is 17.9 Å². The lowest BCUT2D eigenvalue weighted by Gasteiger charge is -2.38. The van der Waals surface area contributed by atoms with Crippen molar-refractivity contribution in [1.29, 1.82) is 0 Å². The standard InChI is InChI=1S/C17H29N3O2/c1-5-8-20-13(2)14(11-18-20)12-19-9-6-15(7-10-19)17(3,4)16(21)22/h11,15H,5-10,12H2,1-4H3,(H,21,22). The summed E-state index contributed by atoms with van der Waals surface area (Å²) < 4.78 is 2.08. The van der Waals surface area contributed by atoms with Crippen molar-refractivity contribution in [3.8, 4) is 0 Å². The predicted octanol–water partition coefficient (Wildman–Crippen LogP) is 2.92. The summed E-state index contributed by atoms with van der Waals surface area (Å²) in [6.07, 6.45) is 5.00. The molecular formula is C17H29N3O2. The molecule has 0 spiro atoms. The average molecular weight is 307 g/mol. The van der Waals surface area contributed by atoms with E-state index in [0.717, 1.165) is 45.4 Å². The summed E-state index contributed by atoms with van der Waals surface area (Å²) in [7, 11) is 0. The van der Waals surface area contributed by atoms with Crippen molar-refractivity contribution in [3.63, 3.8) is 0 Å². The molecule has 1 aliphatic rings. The summed E-state index contributed by atoms with van der Waals surface area (Å²) in [5.41, 5.74) is 1.94. The van der Waals surface area contributed by atoms with Gasteiger partial charge in [0, 0.05) is 24.3 Å². The number of nitrogens with zero attached hydrogens (tertiary/aromatic N) is 3. The maximum Gasteiger partial charge on any atom is 0.309 e. The minimum atomic E-state index is -0.678. The largest absolute Gasteiger partial charge is 0.481 e. The molecule has 2 rings (SSSR count). The highest BCUT2D eigenvalue weighted by atomic mass is 16.4. The number of aryl methyl sites for hydroxylation is 1. The van der Waals surface area contributed by atoms with Gasteiger partial charge in [-0.25, -0.2) is 0 Å². The maximum atomic E-state index is 11.4. The molecule has 0 radical (unpaired) electrons. The Morgan fingerprint density at radius 1 is 1.41 bits per heavy atom. The van der Waals surface area contributed by atoms with Gasteiger partial charge < -0.3 is 5.11 Å². The van der Waals surface area contributed by atoms with Crippen LogP contribution in [0.15, 0.2) is 6.20 Å². The smallest absolute Gasteiger partial charge is 0.309 e. The van der Waals surface area contributed by atoms with Crippen molar-refractivity contribution < 1.29 is 9.90 Å². The fourth-order valence-electron chi connectivity index (χ4n) is 3.31. The van der Waals surface area contributed by atoms with Crippen molar-refractivity contribution in [2.45, 2.75) is 60.0 Å². The number of aliphatic carboxylic acids is 1. The molecule has 5 heteroatoms. The minimum Gasteiger partial charge on any atom is -0.481 e. The first kappa shape index (κ1) is 17.0. The first-order chi connectivity index (χ1) is 10.4. The first-order valence-corrected chi connectivity index (χ1v) is 8.33. The number of carboxylic acid groups (broad SMARTS) is 1. The number of carbonyl (C=O) groups is 1. The number of piperidine rings is 1. The topological polar surface area (TPSA) is 58.4 Å². The third-order valence-electron chi connectivity index (χ3n) is 5.19. The van der Waals surface area contributed by atoms with Gasteiger partial charge >= 0.3 is 5.97 Å². The Bertz CT molecular complexity index is 514. The van der Waals surface area contributed by atoms with Crippen molar-refractivity contribution in [2.75, 3.05) is 13.1 Å². The molecule has 0 atom stereocenters. The molecule has 2 heterocycles. The van der Waals surface area contributed by atoms with Gasteiger partial charge in [0.2, 0.25) is 0 Å². The first-order valence-electron chi connectivity index (χ1n) is 8.33. The molecule has 0 aliphatic carbocycles. The molecule has 22 heavy (non-hydrogen) atoms. The van der Waals surface area contributed by atoms with Gasteiger partial charge in [-0.05, 0) is 59.0 Å². The quantitative estimate of drug-likeness (QED) is 0.878. The number of carboxylic acids is 1. The molecule has 1 aliphatic heterocycles. The Morgan fingerprint density at radius 3 is 2.59 bits per heavy atom. The lowest BCUT2D eigenvalue weighted by Crippen LogP contribution is -2.41. The van der Waals surface area contributed by atoms with Gasteiger partial charge in [0.25, 0.3) is 0 Å². The Morgan fingerprint density at radius 2 is 2.05 bits per heavy atom. The van der Waals surface area contributed by atoms with E-state index < -0.39 is 11.4 Å². The van der Waals surface area contributed by atoms with E-state index in [1.807, 2.05) is 20.0 Å². The molecule has 0 bridgehead atoms. The summed E-state index contributed by atoms with van der Waals surface area (Å²) in [5.74, 6) is -0.409. The van der Waals surface area contributed by atoms with E-state index in [9.17, 15) is 9.90 Å². The van der Waals surface area contributed by atoms with Crippen LogP contribution in [0.4, 0.5) is 0 Å². The van der Waals surface area contributed by atoms with Gasteiger partial charge in [-0.2, -0.15) is 5.10 Å². The van der Waals surface area contributed by atoms with E-state index in [2.05, 4.69) is 28.5 Å². The summed E-state index contributed by atoms with van der Waals surface area (Å²) in [5, 5.41) is 13.8. The van der Waals surface area contributed by atoms with Crippen molar-refractivity contribution in [2.24, 2.45) is 11.3 Å². The minimum absolute atomic E-state index is 0.269. The third kappa shape index (κ3) is 3.51. The van der Waals surface area contributed by atoms with Gasteiger partial charge in [0.1, 0.15) is 0 Å². The van der Waals surface area contributed by atoms with Crippen LogP contribution in [-0.4, -0.2) is 38.8 Å². The van der Waals surface area contributed by atoms with E-state index in [1.165, 1.54) is 11.3 Å². The zero-order chi connectivity index (χ0) is 16.3. The lowest BCUT2D eigenvalue weighted by atomic mass is 9.74. The number of rotatable bonds is 6. The van der Waals surface area contributed by atoms with Gasteiger partial charge in [-0.1, -0.05) is 6.92 Å². The second-order valence-corrected chi connectivity index (χ2v) is 7.06. The maximum absolute atomic E-state index is 11.4. The lowest BCUT2D eigenvalue weighted by molar-refractivity contribution is -0.151. The van der Waals surface area contributed by atoms with Crippen molar-refractivity contribution in [3.05, 3.63) is 17.5 Å². The molecule has 5 nitrogen and oxygen atoms in total. The molecule has 1 fully saturated rings. The van der Waals surface area contributed by atoms with E-state index in [0.29, 0.717) is 0 Å². The highest BCUT2D eigenvalue weighted by Crippen LogP contribution is 2.35. The number of likely N-dealkylation sites (tertiary alicyclic amines) is 1. The average Bonchev–Trinajstić information content (AvgIpc) is 2.81. The van der Waals surface area contributed by atoms with E-state index in [-0.39, 0.29) is 5.92 Å². The Hall–Kier alpha value is -1.36. The number of hydrogen-bond acceptors (Lipinski definition) is 3. The fourth-order valence-corrected chi connectivity index (χ4v) is 3.31. The highest BCUT2D eigenvalue weighted by Gasteiger charge is 2.38. The zero-order valence-electron chi connectivity index (χ0n) is 14.3. The van der Waals surface area contributed by atoms with Crippen LogP contribution in [0.25, 0.3) is 0 Å². The molecule has 0 saturated carbocycles. The predicted molar refractivity (Wildman–Crippen MR) is 86.7 cm³/mol.